The summed E-state index contributed by atoms with van der Waals surface area (Å²) in [5, 5.41) is 0. The molecule has 1 saturated heterocycles. The molecule has 0 radical (unpaired) electrons. The van der Waals surface area contributed by atoms with Crippen molar-refractivity contribution in [1.82, 2.24) is 4.90 Å². The van der Waals surface area contributed by atoms with E-state index in [1.54, 1.807) is 54.6 Å². The highest BCUT2D eigenvalue weighted by Crippen LogP contribution is 2.43. The minimum absolute atomic E-state index is 0.0712. The Bertz CT molecular complexity index is 1070. The average Bonchev–Trinajstić information content (AvgIpc) is 3.38. The average molecular weight is 484 g/mol. The summed E-state index contributed by atoms with van der Waals surface area (Å²) in [7, 11) is 0. The van der Waals surface area contributed by atoms with Crippen molar-refractivity contribution in [1.29, 1.82) is 0 Å². The van der Waals surface area contributed by atoms with Gasteiger partial charge in [0.15, 0.2) is 11.4 Å². The van der Waals surface area contributed by atoms with Crippen LogP contribution in [0.4, 0.5) is 4.79 Å². The first-order chi connectivity index (χ1) is 14.9. The molecule has 7 nitrogen and oxygen atoms in total. The van der Waals surface area contributed by atoms with E-state index in [0.717, 1.165) is 9.37 Å². The van der Waals surface area contributed by atoms with Gasteiger partial charge in [-0.25, -0.2) is 14.5 Å². The highest BCUT2D eigenvalue weighted by Gasteiger charge is 2.52. The van der Waals surface area contributed by atoms with Gasteiger partial charge in [-0.3, -0.25) is 9.59 Å². The number of rotatable bonds is 6. The third-order valence-corrected chi connectivity index (χ3v) is 5.89. The third kappa shape index (κ3) is 4.03. The number of ether oxygens (including phenoxy) is 2. The molecule has 2 aromatic carbocycles. The lowest BCUT2D eigenvalue weighted by atomic mass is 9.77. The Morgan fingerprint density at radius 2 is 1.77 bits per heavy atom. The number of hydrogen-bond acceptors (Lipinski definition) is 6. The van der Waals surface area contributed by atoms with Crippen molar-refractivity contribution < 1.29 is 28.7 Å². The zero-order chi connectivity index (χ0) is 22.0. The number of ketones is 1. The Labute approximate surface area is 186 Å². The number of carbonyl (C=O) groups excluding carboxylic acids is 4. The molecule has 0 aliphatic carbocycles. The number of Topliss-reactive ketones (excluding diaryl/α,β-unsaturated/α-hetero) is 1. The molecular weight excluding hydrogens is 466 g/mol. The number of carbonyl (C=O) groups is 4. The highest BCUT2D eigenvalue weighted by atomic mass is 79.9. The Morgan fingerprint density at radius 1 is 1.06 bits per heavy atom. The fourth-order valence-corrected chi connectivity index (χ4v) is 4.08. The Hall–Kier alpha value is -3.26. The summed E-state index contributed by atoms with van der Waals surface area (Å²) in [6.07, 6.45) is 1.68. The molecule has 1 fully saturated rings. The molecule has 4 rings (SSSR count). The molecule has 0 bridgehead atoms. The molecule has 31 heavy (non-hydrogen) atoms. The van der Waals surface area contributed by atoms with Crippen LogP contribution in [0.25, 0.3) is 0 Å². The van der Waals surface area contributed by atoms with E-state index in [-0.39, 0.29) is 25.4 Å². The molecule has 8 heteroatoms. The SMILES string of the molecule is O=C1C=C[C@@](c2ccc(Br)cc2)([C@H](CC(=O)c2ccccc2)C(=O)N2CCOC2=O)O1. The topological polar surface area (TPSA) is 90.0 Å². The molecule has 0 N–H and O–H groups in total. The van der Waals surface area contributed by atoms with E-state index in [0.29, 0.717) is 11.1 Å². The van der Waals surface area contributed by atoms with Crippen LogP contribution in [-0.2, 0) is 24.7 Å². The van der Waals surface area contributed by atoms with Gasteiger partial charge in [0.2, 0.25) is 5.91 Å². The number of cyclic esters (lactones) is 2. The maximum Gasteiger partial charge on any atom is 0.416 e. The molecular formula is C23H18BrNO6. The fraction of sp³-hybridized carbons (Fsp3) is 0.217. The molecule has 2 atom stereocenters. The van der Waals surface area contributed by atoms with Crippen molar-refractivity contribution >= 4 is 39.7 Å². The smallest absolute Gasteiger partial charge is 0.416 e. The minimum Gasteiger partial charge on any atom is -0.447 e. The van der Waals surface area contributed by atoms with E-state index < -0.39 is 29.5 Å². The van der Waals surface area contributed by atoms with E-state index in [9.17, 15) is 19.2 Å². The molecule has 2 heterocycles. The maximum atomic E-state index is 13.5. The summed E-state index contributed by atoms with van der Waals surface area (Å²) in [4.78, 5) is 51.8. The summed E-state index contributed by atoms with van der Waals surface area (Å²) in [6, 6.07) is 15.5. The lowest BCUT2D eigenvalue weighted by Gasteiger charge is -2.35. The first kappa shape index (κ1) is 21.0. The molecule has 2 aliphatic heterocycles. The van der Waals surface area contributed by atoms with Gasteiger partial charge in [0, 0.05) is 28.1 Å². The second-order valence-corrected chi connectivity index (χ2v) is 8.12. The van der Waals surface area contributed by atoms with Crippen molar-refractivity contribution in [2.45, 2.75) is 12.0 Å². The summed E-state index contributed by atoms with van der Waals surface area (Å²) in [5.74, 6) is -2.72. The van der Waals surface area contributed by atoms with Gasteiger partial charge in [-0.2, -0.15) is 0 Å². The predicted molar refractivity (Wildman–Crippen MR) is 113 cm³/mol. The van der Waals surface area contributed by atoms with Gasteiger partial charge in [0.05, 0.1) is 12.5 Å². The molecule has 0 saturated carbocycles. The largest absolute Gasteiger partial charge is 0.447 e. The third-order valence-electron chi connectivity index (χ3n) is 5.36. The monoisotopic (exact) mass is 483 g/mol. The summed E-state index contributed by atoms with van der Waals surface area (Å²) >= 11 is 3.37. The lowest BCUT2D eigenvalue weighted by molar-refractivity contribution is -0.157. The van der Waals surface area contributed by atoms with Crippen LogP contribution in [0.3, 0.4) is 0 Å². The van der Waals surface area contributed by atoms with Crippen molar-refractivity contribution in [3.63, 3.8) is 0 Å². The van der Waals surface area contributed by atoms with Gasteiger partial charge in [-0.15, -0.1) is 0 Å². The normalized spacial score (nSPS) is 21.0. The molecule has 2 aliphatic rings. The van der Waals surface area contributed by atoms with Crippen LogP contribution in [-0.4, -0.2) is 41.8 Å². The Kier molecular flexibility index (Phi) is 5.73. The number of hydrogen-bond donors (Lipinski definition) is 0. The number of halogens is 1. The van der Waals surface area contributed by atoms with Gasteiger partial charge in [-0.1, -0.05) is 58.4 Å². The molecule has 0 aromatic heterocycles. The van der Waals surface area contributed by atoms with Crippen LogP contribution in [0.1, 0.15) is 22.3 Å². The Morgan fingerprint density at radius 3 is 2.35 bits per heavy atom. The highest BCUT2D eigenvalue weighted by molar-refractivity contribution is 9.10. The predicted octanol–water partition coefficient (Wildman–Crippen LogP) is 3.63. The van der Waals surface area contributed by atoms with E-state index in [4.69, 9.17) is 9.47 Å². The van der Waals surface area contributed by atoms with Gasteiger partial charge >= 0.3 is 12.1 Å². The van der Waals surface area contributed by atoms with Crippen LogP contribution in [0.5, 0.6) is 0 Å². The number of benzene rings is 2. The molecule has 2 aromatic rings. The van der Waals surface area contributed by atoms with E-state index in [1.165, 1.54) is 12.2 Å². The van der Waals surface area contributed by atoms with Crippen LogP contribution >= 0.6 is 15.9 Å². The summed E-state index contributed by atoms with van der Waals surface area (Å²) < 4.78 is 11.4. The molecule has 0 unspecified atom stereocenters. The van der Waals surface area contributed by atoms with Crippen LogP contribution in [0.2, 0.25) is 0 Å². The van der Waals surface area contributed by atoms with Gasteiger partial charge in [0.1, 0.15) is 6.61 Å². The quantitative estimate of drug-likeness (QED) is 0.460. The summed E-state index contributed by atoms with van der Waals surface area (Å²) in [5.41, 5.74) is -0.588. The first-order valence-corrected chi connectivity index (χ1v) is 10.4. The molecule has 2 amide bonds. The van der Waals surface area contributed by atoms with Crippen LogP contribution in [0.15, 0.2) is 71.2 Å². The first-order valence-electron chi connectivity index (χ1n) is 9.65. The number of nitrogens with zero attached hydrogens (tertiary/aromatic N) is 1. The number of amides is 2. The lowest BCUT2D eigenvalue weighted by Crippen LogP contribution is -2.48. The standard InChI is InChI=1S/C23H18BrNO6/c24-17-8-6-16(7-9-17)23(11-10-20(27)31-23)18(21(28)25-12-13-30-22(25)29)14-19(26)15-4-2-1-3-5-15/h1-11,18H,12-14H2/t18-,23-/m1/s1. The van der Waals surface area contributed by atoms with Gasteiger partial charge in [0.25, 0.3) is 0 Å². The maximum absolute atomic E-state index is 13.5. The molecule has 158 valence electrons. The second kappa shape index (κ2) is 8.47. The van der Waals surface area contributed by atoms with E-state index in [1.807, 2.05) is 0 Å². The van der Waals surface area contributed by atoms with Crippen molar-refractivity contribution in [3.05, 3.63) is 82.3 Å². The van der Waals surface area contributed by atoms with Gasteiger partial charge in [-0.05, 0) is 18.2 Å². The number of esters is 1. The Balaban J connectivity index is 1.79. The van der Waals surface area contributed by atoms with Crippen molar-refractivity contribution in [2.24, 2.45) is 5.92 Å². The zero-order valence-electron chi connectivity index (χ0n) is 16.3. The van der Waals surface area contributed by atoms with E-state index >= 15 is 0 Å². The van der Waals surface area contributed by atoms with Crippen molar-refractivity contribution in [3.8, 4) is 0 Å². The summed E-state index contributed by atoms with van der Waals surface area (Å²) in [6.45, 7) is 0.145. The van der Waals surface area contributed by atoms with Gasteiger partial charge < -0.3 is 9.47 Å². The number of imide groups is 1. The molecule has 0 spiro atoms. The van der Waals surface area contributed by atoms with Crippen LogP contribution in [0, 0.1) is 5.92 Å². The fourth-order valence-electron chi connectivity index (χ4n) is 3.81. The zero-order valence-corrected chi connectivity index (χ0v) is 17.9. The van der Waals surface area contributed by atoms with Crippen LogP contribution < -0.4 is 0 Å². The minimum atomic E-state index is -1.53. The van der Waals surface area contributed by atoms with E-state index in [2.05, 4.69) is 15.9 Å². The second-order valence-electron chi connectivity index (χ2n) is 7.20. The van der Waals surface area contributed by atoms with Crippen molar-refractivity contribution in [2.75, 3.05) is 13.2 Å².